The number of fused-ring (bicyclic) bond motifs is 1. The summed E-state index contributed by atoms with van der Waals surface area (Å²) in [5.41, 5.74) is 3.51. The lowest BCUT2D eigenvalue weighted by Crippen LogP contribution is -2.06. The molecule has 5 heteroatoms. The summed E-state index contributed by atoms with van der Waals surface area (Å²) >= 11 is 7.28. The van der Waals surface area contributed by atoms with Gasteiger partial charge in [-0.2, -0.15) is 0 Å². The molecule has 134 valence electrons. The zero-order valence-electron chi connectivity index (χ0n) is 14.4. The molecule has 0 aliphatic heterocycles. The molecule has 4 rings (SSSR count). The van der Waals surface area contributed by atoms with Crippen molar-refractivity contribution in [2.45, 2.75) is 43.2 Å². The minimum Gasteiger partial charge on any atom is -0.431 e. The van der Waals surface area contributed by atoms with Gasteiger partial charge in [0.1, 0.15) is 5.52 Å². The maximum absolute atomic E-state index is 12.5. The molecule has 1 saturated carbocycles. The number of aromatic nitrogens is 1. The molecule has 3 aromatic rings. The Morgan fingerprint density at radius 3 is 2.65 bits per heavy atom. The zero-order valence-corrected chi connectivity index (χ0v) is 16.0. The van der Waals surface area contributed by atoms with Crippen molar-refractivity contribution in [1.29, 1.82) is 0 Å². The highest BCUT2D eigenvalue weighted by Gasteiger charge is 2.16. The summed E-state index contributed by atoms with van der Waals surface area (Å²) in [5.74, 6) is 1.06. The van der Waals surface area contributed by atoms with E-state index in [9.17, 15) is 4.79 Å². The lowest BCUT2D eigenvalue weighted by molar-refractivity contribution is 0.102. The van der Waals surface area contributed by atoms with Crippen molar-refractivity contribution in [2.24, 2.45) is 0 Å². The van der Waals surface area contributed by atoms with E-state index in [1.54, 1.807) is 18.2 Å². The Bertz CT molecular complexity index is 913. The number of thioether (sulfide) groups is 1. The van der Waals surface area contributed by atoms with Crippen molar-refractivity contribution in [2.75, 3.05) is 5.75 Å². The third-order valence-corrected chi connectivity index (χ3v) is 6.03. The van der Waals surface area contributed by atoms with Crippen LogP contribution in [0.25, 0.3) is 11.1 Å². The fourth-order valence-electron chi connectivity index (χ4n) is 3.53. The highest BCUT2D eigenvalue weighted by molar-refractivity contribution is 7.99. The molecule has 26 heavy (non-hydrogen) atoms. The van der Waals surface area contributed by atoms with Gasteiger partial charge >= 0.3 is 0 Å². The fourth-order valence-corrected chi connectivity index (χ4v) is 4.43. The molecule has 0 radical (unpaired) electrons. The van der Waals surface area contributed by atoms with Gasteiger partial charge in [0.15, 0.2) is 11.4 Å². The topological polar surface area (TPSA) is 43.1 Å². The first-order chi connectivity index (χ1) is 12.7. The second-order valence-corrected chi connectivity index (χ2v) is 8.12. The van der Waals surface area contributed by atoms with E-state index >= 15 is 0 Å². The van der Waals surface area contributed by atoms with Crippen LogP contribution in [0.15, 0.2) is 52.1 Å². The van der Waals surface area contributed by atoms with Crippen LogP contribution in [0, 0.1) is 0 Å². The Morgan fingerprint density at radius 2 is 1.88 bits per heavy atom. The third kappa shape index (κ3) is 3.97. The first-order valence-electron chi connectivity index (χ1n) is 9.01. The zero-order chi connectivity index (χ0) is 17.9. The minimum atomic E-state index is 0.0884. The summed E-state index contributed by atoms with van der Waals surface area (Å²) in [6.07, 6.45) is 6.53. The number of rotatable bonds is 5. The second kappa shape index (κ2) is 7.85. The summed E-state index contributed by atoms with van der Waals surface area (Å²) in [7, 11) is 0. The highest BCUT2D eigenvalue weighted by atomic mass is 35.5. The van der Waals surface area contributed by atoms with Gasteiger partial charge in [0.25, 0.3) is 5.22 Å². The van der Waals surface area contributed by atoms with Gasteiger partial charge in [-0.1, -0.05) is 66.9 Å². The van der Waals surface area contributed by atoms with Gasteiger partial charge in [0, 0.05) is 10.6 Å². The van der Waals surface area contributed by atoms with E-state index in [0.29, 0.717) is 33.0 Å². The number of nitrogens with zero attached hydrogens (tertiary/aromatic N) is 1. The van der Waals surface area contributed by atoms with Gasteiger partial charge in [-0.05, 0) is 42.5 Å². The normalized spacial score (nSPS) is 15.4. The van der Waals surface area contributed by atoms with Crippen molar-refractivity contribution >= 4 is 40.2 Å². The Morgan fingerprint density at radius 1 is 1.12 bits per heavy atom. The van der Waals surface area contributed by atoms with Crippen molar-refractivity contribution in [3.63, 3.8) is 0 Å². The van der Waals surface area contributed by atoms with Crippen LogP contribution in [0.4, 0.5) is 0 Å². The number of benzene rings is 2. The standard InChI is InChI=1S/C21H20ClNO2S/c22-17-10-11-20-18(12-17)23-21(25-20)26-13-19(24)16-8-6-15(7-9-16)14-4-2-1-3-5-14/h6-12,14H,1-5,13H2. The Hall–Kier alpha value is -1.78. The van der Waals surface area contributed by atoms with Crippen molar-refractivity contribution in [3.8, 4) is 0 Å². The van der Waals surface area contributed by atoms with E-state index < -0.39 is 0 Å². The lowest BCUT2D eigenvalue weighted by Gasteiger charge is -2.22. The van der Waals surface area contributed by atoms with Crippen molar-refractivity contribution < 1.29 is 9.21 Å². The quantitative estimate of drug-likeness (QED) is 0.371. The van der Waals surface area contributed by atoms with E-state index in [-0.39, 0.29) is 5.78 Å². The number of hydrogen-bond donors (Lipinski definition) is 0. The molecule has 1 heterocycles. The van der Waals surface area contributed by atoms with Crippen molar-refractivity contribution in [1.82, 2.24) is 4.98 Å². The van der Waals surface area contributed by atoms with Crippen LogP contribution in [0.2, 0.25) is 5.02 Å². The molecule has 1 fully saturated rings. The molecule has 0 unspecified atom stereocenters. The lowest BCUT2D eigenvalue weighted by atomic mass is 9.84. The Balaban J connectivity index is 1.39. The smallest absolute Gasteiger partial charge is 0.257 e. The minimum absolute atomic E-state index is 0.0884. The van der Waals surface area contributed by atoms with E-state index in [4.69, 9.17) is 16.0 Å². The van der Waals surface area contributed by atoms with E-state index in [1.165, 1.54) is 49.4 Å². The number of hydrogen-bond acceptors (Lipinski definition) is 4. The molecule has 1 aliphatic rings. The maximum atomic E-state index is 12.5. The Labute approximate surface area is 162 Å². The molecule has 2 aromatic carbocycles. The molecule has 0 amide bonds. The average Bonchev–Trinajstić information content (AvgIpc) is 3.09. The van der Waals surface area contributed by atoms with Gasteiger partial charge in [0.05, 0.1) is 5.75 Å². The summed E-state index contributed by atoms with van der Waals surface area (Å²) in [6, 6.07) is 13.5. The van der Waals surface area contributed by atoms with Crippen molar-refractivity contribution in [3.05, 3.63) is 58.6 Å². The predicted molar refractivity (Wildman–Crippen MR) is 106 cm³/mol. The molecule has 0 atom stereocenters. The van der Waals surface area contributed by atoms with Gasteiger partial charge in [-0.3, -0.25) is 4.79 Å². The first kappa shape index (κ1) is 17.6. The molecule has 0 bridgehead atoms. The summed E-state index contributed by atoms with van der Waals surface area (Å²) in [5, 5.41) is 1.12. The average molecular weight is 386 g/mol. The summed E-state index contributed by atoms with van der Waals surface area (Å²) in [6.45, 7) is 0. The van der Waals surface area contributed by atoms with E-state index in [2.05, 4.69) is 17.1 Å². The molecule has 1 aromatic heterocycles. The number of halogens is 1. The number of carbonyl (C=O) groups excluding carboxylic acids is 1. The molecule has 3 nitrogen and oxygen atoms in total. The van der Waals surface area contributed by atoms with Gasteiger partial charge in [-0.25, -0.2) is 4.98 Å². The molecule has 0 N–H and O–H groups in total. The molecule has 0 spiro atoms. The van der Waals surface area contributed by atoms with E-state index in [1.807, 2.05) is 12.1 Å². The molecular formula is C21H20ClNO2S. The SMILES string of the molecule is O=C(CSc1nc2cc(Cl)ccc2o1)c1ccc(C2CCCCC2)cc1. The second-order valence-electron chi connectivity index (χ2n) is 6.76. The molecular weight excluding hydrogens is 366 g/mol. The number of carbonyl (C=O) groups is 1. The largest absolute Gasteiger partial charge is 0.431 e. The van der Waals surface area contributed by atoms with Crippen LogP contribution >= 0.6 is 23.4 Å². The third-order valence-electron chi connectivity index (χ3n) is 4.97. The number of Topliss-reactive ketones (excluding diaryl/α,β-unsaturated/α-hetero) is 1. The van der Waals surface area contributed by atoms with Crippen LogP contribution in [0.5, 0.6) is 0 Å². The summed E-state index contributed by atoms with van der Waals surface area (Å²) < 4.78 is 5.65. The van der Waals surface area contributed by atoms with Crippen LogP contribution in [-0.2, 0) is 0 Å². The van der Waals surface area contributed by atoms with Crippen LogP contribution in [-0.4, -0.2) is 16.5 Å². The van der Waals surface area contributed by atoms with Gasteiger partial charge < -0.3 is 4.42 Å². The molecule has 0 saturated heterocycles. The monoisotopic (exact) mass is 385 g/mol. The van der Waals surface area contributed by atoms with Crippen LogP contribution in [0.1, 0.15) is 53.9 Å². The Kier molecular flexibility index (Phi) is 5.32. The number of ketones is 1. The fraction of sp³-hybridized carbons (Fsp3) is 0.333. The first-order valence-corrected chi connectivity index (χ1v) is 10.4. The predicted octanol–water partition coefficient (Wildman–Crippen LogP) is 6.50. The highest BCUT2D eigenvalue weighted by Crippen LogP contribution is 2.33. The maximum Gasteiger partial charge on any atom is 0.257 e. The summed E-state index contributed by atoms with van der Waals surface area (Å²) in [4.78, 5) is 16.8. The van der Waals surface area contributed by atoms with Crippen LogP contribution in [0.3, 0.4) is 0 Å². The molecule has 1 aliphatic carbocycles. The number of oxazole rings is 1. The van der Waals surface area contributed by atoms with Gasteiger partial charge in [-0.15, -0.1) is 0 Å². The van der Waals surface area contributed by atoms with E-state index in [0.717, 1.165) is 5.56 Å². The van der Waals surface area contributed by atoms with Crippen LogP contribution < -0.4 is 0 Å². The van der Waals surface area contributed by atoms with Gasteiger partial charge in [0.2, 0.25) is 0 Å².